The zero-order valence-electron chi connectivity index (χ0n) is 12.7. The Balaban J connectivity index is 1.66. The van der Waals surface area contributed by atoms with Crippen LogP contribution in [0.5, 0.6) is 0 Å². The Morgan fingerprint density at radius 3 is 3.00 bits per heavy atom. The largest absolute Gasteiger partial charge is 0.441 e. The minimum Gasteiger partial charge on any atom is -0.441 e. The Hall–Kier alpha value is -2.40. The molecule has 0 saturated heterocycles. The van der Waals surface area contributed by atoms with Gasteiger partial charge in [-0.05, 0) is 52.9 Å². The third-order valence-electron chi connectivity index (χ3n) is 4.01. The van der Waals surface area contributed by atoms with E-state index in [2.05, 4.69) is 49.6 Å². The lowest BCUT2D eigenvalue weighted by Crippen LogP contribution is -2.31. The highest BCUT2D eigenvalue weighted by molar-refractivity contribution is 14.1. The van der Waals surface area contributed by atoms with E-state index in [0.29, 0.717) is 23.8 Å². The summed E-state index contributed by atoms with van der Waals surface area (Å²) in [5, 5.41) is 9.27. The molecular formula is C18H13IN4O. The van der Waals surface area contributed by atoms with Crippen LogP contribution in [-0.2, 0) is 13.0 Å². The molecule has 6 heteroatoms. The topological polar surface area (TPSA) is 66.0 Å². The number of rotatable bonds is 2. The van der Waals surface area contributed by atoms with Crippen LogP contribution in [-0.4, -0.2) is 16.5 Å². The fourth-order valence-electron chi connectivity index (χ4n) is 2.86. The van der Waals surface area contributed by atoms with Gasteiger partial charge in [0.2, 0.25) is 5.89 Å². The van der Waals surface area contributed by atoms with Crippen molar-refractivity contribution in [3.05, 3.63) is 63.2 Å². The highest BCUT2D eigenvalue weighted by Gasteiger charge is 2.25. The number of oxazole rings is 1. The molecule has 0 aliphatic carbocycles. The average Bonchev–Trinajstić information content (AvgIpc) is 3.05. The molecule has 0 unspecified atom stereocenters. The summed E-state index contributed by atoms with van der Waals surface area (Å²) >= 11 is 2.28. The number of benzene rings is 1. The summed E-state index contributed by atoms with van der Waals surface area (Å²) in [7, 11) is 0. The Morgan fingerprint density at radius 2 is 2.17 bits per heavy atom. The van der Waals surface area contributed by atoms with Gasteiger partial charge in [0, 0.05) is 28.3 Å². The Morgan fingerprint density at radius 1 is 1.25 bits per heavy atom. The molecule has 3 heterocycles. The van der Waals surface area contributed by atoms with Crippen molar-refractivity contribution in [1.29, 1.82) is 5.26 Å². The van der Waals surface area contributed by atoms with Crippen molar-refractivity contribution in [2.45, 2.75) is 13.0 Å². The summed E-state index contributed by atoms with van der Waals surface area (Å²) < 4.78 is 7.11. The van der Waals surface area contributed by atoms with Gasteiger partial charge < -0.3 is 9.32 Å². The van der Waals surface area contributed by atoms with Gasteiger partial charge >= 0.3 is 0 Å². The van der Waals surface area contributed by atoms with Crippen molar-refractivity contribution in [1.82, 2.24) is 9.97 Å². The third kappa shape index (κ3) is 2.76. The molecule has 0 atom stereocenters. The highest BCUT2D eigenvalue weighted by Crippen LogP contribution is 2.29. The molecule has 1 aliphatic heterocycles. The lowest BCUT2D eigenvalue weighted by Gasteiger charge is -2.26. The van der Waals surface area contributed by atoms with E-state index >= 15 is 0 Å². The molecule has 0 fully saturated rings. The second-order valence-corrected chi connectivity index (χ2v) is 6.80. The van der Waals surface area contributed by atoms with Gasteiger partial charge in [-0.3, -0.25) is 0 Å². The van der Waals surface area contributed by atoms with Crippen molar-refractivity contribution < 1.29 is 4.42 Å². The minimum absolute atomic E-state index is 0.585. The predicted molar refractivity (Wildman–Crippen MR) is 98.4 cm³/mol. The predicted octanol–water partition coefficient (Wildman–Crippen LogP) is 3.78. The third-order valence-corrected chi connectivity index (χ3v) is 4.68. The van der Waals surface area contributed by atoms with Gasteiger partial charge in [-0.1, -0.05) is 6.07 Å². The molecule has 1 aromatic carbocycles. The van der Waals surface area contributed by atoms with E-state index in [9.17, 15) is 5.26 Å². The fraction of sp³-hybridized carbons (Fsp3) is 0.167. The van der Waals surface area contributed by atoms with Crippen molar-refractivity contribution in [2.75, 3.05) is 11.4 Å². The summed E-state index contributed by atoms with van der Waals surface area (Å²) in [6.45, 7) is 1.37. The van der Waals surface area contributed by atoms with Gasteiger partial charge in [-0.25, -0.2) is 9.97 Å². The van der Waals surface area contributed by atoms with Crippen LogP contribution >= 0.6 is 22.6 Å². The first-order chi connectivity index (χ1) is 11.7. The summed E-state index contributed by atoms with van der Waals surface area (Å²) in [6.07, 6.45) is 2.47. The summed E-state index contributed by atoms with van der Waals surface area (Å²) in [4.78, 5) is 11.1. The van der Waals surface area contributed by atoms with Gasteiger partial charge in [0.25, 0.3) is 0 Å². The highest BCUT2D eigenvalue weighted by atomic mass is 127. The molecule has 0 bridgehead atoms. The number of hydrogen-bond donors (Lipinski definition) is 0. The number of nitrogens with zero attached hydrogens (tertiary/aromatic N) is 4. The number of fused-ring (bicyclic) bond motifs is 1. The Kier molecular flexibility index (Phi) is 3.94. The van der Waals surface area contributed by atoms with E-state index in [4.69, 9.17) is 4.42 Å². The number of anilines is 1. The number of hydrogen-bond acceptors (Lipinski definition) is 5. The summed E-state index contributed by atoms with van der Waals surface area (Å²) in [5.41, 5.74) is 2.49. The molecule has 2 aromatic heterocycles. The molecule has 3 aromatic rings. The molecule has 1 aliphatic rings. The number of pyridine rings is 1. The standard InChI is InChI=1S/C18H13IN4O/c19-14-5-1-3-12(9-14)18-22-15-11-23(8-6-16(15)24-18)17-13(10-20)4-2-7-21-17/h1-5,7,9H,6,8,11H2. The zero-order chi connectivity index (χ0) is 16.5. The SMILES string of the molecule is N#Cc1cccnc1N1CCc2oc(-c3cccc(I)c3)nc2C1. The average molecular weight is 428 g/mol. The maximum absolute atomic E-state index is 9.27. The maximum Gasteiger partial charge on any atom is 0.226 e. The van der Waals surface area contributed by atoms with Crippen LogP contribution in [0.15, 0.2) is 47.0 Å². The monoisotopic (exact) mass is 428 g/mol. The first-order valence-electron chi connectivity index (χ1n) is 7.59. The van der Waals surface area contributed by atoms with Crippen molar-refractivity contribution in [3.8, 4) is 17.5 Å². The van der Waals surface area contributed by atoms with Crippen LogP contribution in [0.1, 0.15) is 17.0 Å². The van der Waals surface area contributed by atoms with Gasteiger partial charge in [-0.2, -0.15) is 5.26 Å². The number of nitriles is 1. The van der Waals surface area contributed by atoms with E-state index < -0.39 is 0 Å². The van der Waals surface area contributed by atoms with Crippen LogP contribution in [0, 0.1) is 14.9 Å². The van der Waals surface area contributed by atoms with Gasteiger partial charge in [0.15, 0.2) is 0 Å². The normalized spacial score (nSPS) is 13.4. The molecule has 24 heavy (non-hydrogen) atoms. The summed E-state index contributed by atoms with van der Waals surface area (Å²) in [5.74, 6) is 2.29. The molecule has 5 nitrogen and oxygen atoms in total. The van der Waals surface area contributed by atoms with Crippen LogP contribution in [0.3, 0.4) is 0 Å². The smallest absolute Gasteiger partial charge is 0.226 e. The molecule has 0 saturated carbocycles. The molecular weight excluding hydrogens is 415 g/mol. The first-order valence-corrected chi connectivity index (χ1v) is 8.67. The van der Waals surface area contributed by atoms with Crippen LogP contribution < -0.4 is 4.90 Å². The molecule has 118 valence electrons. The number of aromatic nitrogens is 2. The lowest BCUT2D eigenvalue weighted by atomic mass is 10.1. The van der Waals surface area contributed by atoms with Crippen molar-refractivity contribution in [2.24, 2.45) is 0 Å². The summed E-state index contributed by atoms with van der Waals surface area (Å²) in [6, 6.07) is 13.9. The van der Waals surface area contributed by atoms with E-state index in [1.54, 1.807) is 18.3 Å². The molecule has 0 spiro atoms. The zero-order valence-corrected chi connectivity index (χ0v) is 14.9. The lowest BCUT2D eigenvalue weighted by molar-refractivity contribution is 0.498. The first kappa shape index (κ1) is 15.1. The van der Waals surface area contributed by atoms with Gasteiger partial charge in [-0.15, -0.1) is 0 Å². The molecule has 0 radical (unpaired) electrons. The van der Waals surface area contributed by atoms with Crippen molar-refractivity contribution in [3.63, 3.8) is 0 Å². The minimum atomic E-state index is 0.585. The Bertz CT molecular complexity index is 944. The Labute approximate surface area is 153 Å². The number of halogens is 1. The van der Waals surface area contributed by atoms with Crippen LogP contribution in [0.25, 0.3) is 11.5 Å². The van der Waals surface area contributed by atoms with E-state index in [1.165, 1.54) is 0 Å². The quantitative estimate of drug-likeness (QED) is 0.582. The van der Waals surface area contributed by atoms with Crippen molar-refractivity contribution >= 4 is 28.4 Å². The second-order valence-electron chi connectivity index (χ2n) is 5.56. The van der Waals surface area contributed by atoms with Gasteiger partial charge in [0.05, 0.1) is 12.1 Å². The maximum atomic E-state index is 9.27. The second kappa shape index (κ2) is 6.24. The van der Waals surface area contributed by atoms with E-state index in [0.717, 1.165) is 33.6 Å². The van der Waals surface area contributed by atoms with E-state index in [-0.39, 0.29) is 0 Å². The molecule has 4 rings (SSSR count). The van der Waals surface area contributed by atoms with Crippen LogP contribution in [0.4, 0.5) is 5.82 Å². The molecule has 0 N–H and O–H groups in total. The van der Waals surface area contributed by atoms with Gasteiger partial charge in [0.1, 0.15) is 23.3 Å². The van der Waals surface area contributed by atoms with E-state index in [1.807, 2.05) is 18.2 Å². The fourth-order valence-corrected chi connectivity index (χ4v) is 3.40. The molecule has 0 amide bonds. The van der Waals surface area contributed by atoms with Crippen LogP contribution in [0.2, 0.25) is 0 Å².